The third-order valence-corrected chi connectivity index (χ3v) is 5.66. The molecule has 3 unspecified atom stereocenters. The number of hydrogen-bond donors (Lipinski definition) is 3. The Kier molecular flexibility index (Phi) is 8.39. The standard InChI is InChI=1S/C22H36N6O3/c1-26(2)13-16(27(3)4)14-28-15-17(29)11-20(28)22(30)31-10-9-23-12-21-24-18-7-5-6-8-19(18)25-21/h5-8,16-17,20,23,29H,9-15H2,1-4H3,(H,24,25). The molecule has 1 aliphatic rings. The predicted molar refractivity (Wildman–Crippen MR) is 121 cm³/mol. The molecule has 31 heavy (non-hydrogen) atoms. The molecule has 0 spiro atoms. The monoisotopic (exact) mass is 432 g/mol. The van der Waals surface area contributed by atoms with Gasteiger partial charge in [0.1, 0.15) is 18.5 Å². The van der Waals surface area contributed by atoms with E-state index < -0.39 is 12.1 Å². The highest BCUT2D eigenvalue weighted by Gasteiger charge is 2.38. The first kappa shape index (κ1) is 23.6. The maximum atomic E-state index is 12.7. The van der Waals surface area contributed by atoms with Crippen molar-refractivity contribution in [1.29, 1.82) is 0 Å². The number of rotatable bonds is 11. The summed E-state index contributed by atoms with van der Waals surface area (Å²) in [7, 11) is 8.17. The predicted octanol–water partition coefficient (Wildman–Crippen LogP) is 0.123. The van der Waals surface area contributed by atoms with E-state index in [2.05, 4.69) is 30.0 Å². The number of likely N-dealkylation sites (tertiary alicyclic amines) is 1. The Labute approximate surface area is 184 Å². The highest BCUT2D eigenvalue weighted by molar-refractivity contribution is 5.76. The van der Waals surface area contributed by atoms with Crippen LogP contribution in [0, 0.1) is 0 Å². The van der Waals surface area contributed by atoms with Gasteiger partial charge in [-0.2, -0.15) is 0 Å². The third kappa shape index (κ3) is 6.72. The minimum absolute atomic E-state index is 0.260. The van der Waals surface area contributed by atoms with E-state index in [-0.39, 0.29) is 18.6 Å². The molecule has 0 aliphatic carbocycles. The Balaban J connectivity index is 1.43. The number of imidazole rings is 1. The number of fused-ring (bicyclic) bond motifs is 1. The zero-order chi connectivity index (χ0) is 22.4. The number of nitrogens with zero attached hydrogens (tertiary/aromatic N) is 4. The van der Waals surface area contributed by atoms with Crippen LogP contribution in [0.15, 0.2) is 24.3 Å². The molecule has 0 radical (unpaired) electrons. The van der Waals surface area contributed by atoms with Crippen molar-refractivity contribution in [3.05, 3.63) is 30.1 Å². The average Bonchev–Trinajstić information content (AvgIpc) is 3.29. The van der Waals surface area contributed by atoms with Crippen molar-refractivity contribution in [2.75, 3.05) is 61.0 Å². The first-order chi connectivity index (χ1) is 14.8. The van der Waals surface area contributed by atoms with E-state index in [9.17, 15) is 9.90 Å². The Bertz CT molecular complexity index is 807. The molecule has 2 aromatic rings. The van der Waals surface area contributed by atoms with Gasteiger partial charge in [-0.25, -0.2) is 4.98 Å². The number of nitrogens with one attached hydrogen (secondary N) is 2. The molecular weight excluding hydrogens is 396 g/mol. The van der Waals surface area contributed by atoms with Gasteiger partial charge < -0.3 is 29.9 Å². The minimum Gasteiger partial charge on any atom is -0.463 e. The summed E-state index contributed by atoms with van der Waals surface area (Å²) >= 11 is 0. The van der Waals surface area contributed by atoms with Crippen LogP contribution in [0.1, 0.15) is 12.2 Å². The molecule has 0 bridgehead atoms. The summed E-state index contributed by atoms with van der Waals surface area (Å²) in [6.45, 7) is 3.50. The molecular formula is C22H36N6O3. The summed E-state index contributed by atoms with van der Waals surface area (Å²) in [4.78, 5) is 26.8. The fourth-order valence-electron chi connectivity index (χ4n) is 4.02. The van der Waals surface area contributed by atoms with Crippen LogP contribution in [-0.2, 0) is 16.1 Å². The van der Waals surface area contributed by atoms with E-state index in [0.717, 1.165) is 23.4 Å². The molecule has 3 atom stereocenters. The van der Waals surface area contributed by atoms with Crippen molar-refractivity contribution in [1.82, 2.24) is 30.0 Å². The lowest BCUT2D eigenvalue weighted by molar-refractivity contribution is -0.149. The molecule has 1 aromatic heterocycles. The number of likely N-dealkylation sites (N-methyl/N-ethyl adjacent to an activating group) is 2. The fourth-order valence-corrected chi connectivity index (χ4v) is 4.02. The number of hydrogen-bond acceptors (Lipinski definition) is 8. The van der Waals surface area contributed by atoms with Crippen molar-refractivity contribution in [2.24, 2.45) is 0 Å². The van der Waals surface area contributed by atoms with Crippen molar-refractivity contribution < 1.29 is 14.6 Å². The zero-order valence-electron chi connectivity index (χ0n) is 19.0. The van der Waals surface area contributed by atoms with E-state index in [1.54, 1.807) is 0 Å². The van der Waals surface area contributed by atoms with Crippen LogP contribution in [0.2, 0.25) is 0 Å². The number of aliphatic hydroxyl groups excluding tert-OH is 1. The SMILES string of the molecule is CN(C)CC(CN1CC(O)CC1C(=O)OCCNCc1nc2ccccc2[nH]1)N(C)C. The highest BCUT2D eigenvalue weighted by atomic mass is 16.5. The number of aromatic nitrogens is 2. The molecule has 0 amide bonds. The smallest absolute Gasteiger partial charge is 0.323 e. The van der Waals surface area contributed by atoms with E-state index in [1.165, 1.54) is 0 Å². The minimum atomic E-state index is -0.495. The number of benzene rings is 1. The maximum Gasteiger partial charge on any atom is 0.323 e. The van der Waals surface area contributed by atoms with Crippen LogP contribution in [0.4, 0.5) is 0 Å². The molecule has 9 nitrogen and oxygen atoms in total. The Hall–Kier alpha value is -2.04. The number of β-amino-alcohol motifs (C(OH)–C–C–N with tert-alkyl or cyclic N) is 1. The molecule has 9 heteroatoms. The van der Waals surface area contributed by atoms with Gasteiger partial charge >= 0.3 is 5.97 Å². The average molecular weight is 433 g/mol. The van der Waals surface area contributed by atoms with Crippen molar-refractivity contribution in [3.8, 4) is 0 Å². The second kappa shape index (κ2) is 11.0. The van der Waals surface area contributed by atoms with E-state index in [1.807, 2.05) is 52.5 Å². The summed E-state index contributed by atoms with van der Waals surface area (Å²) in [5.74, 6) is 0.595. The second-order valence-corrected chi connectivity index (χ2v) is 8.78. The van der Waals surface area contributed by atoms with Crippen LogP contribution in [0.5, 0.6) is 0 Å². The summed E-state index contributed by atoms with van der Waals surface area (Å²) in [6, 6.07) is 7.77. The molecule has 1 aromatic carbocycles. The number of para-hydroxylation sites is 2. The Morgan fingerprint density at radius 2 is 2.13 bits per heavy atom. The molecule has 1 saturated heterocycles. The Morgan fingerprint density at radius 1 is 1.35 bits per heavy atom. The number of aromatic amines is 1. The number of carbonyl (C=O) groups excluding carboxylic acids is 1. The lowest BCUT2D eigenvalue weighted by atomic mass is 10.2. The van der Waals surface area contributed by atoms with Crippen molar-refractivity contribution in [2.45, 2.75) is 31.2 Å². The highest BCUT2D eigenvalue weighted by Crippen LogP contribution is 2.20. The lowest BCUT2D eigenvalue weighted by Crippen LogP contribution is -2.49. The topological polar surface area (TPSA) is 97.0 Å². The molecule has 3 rings (SSSR count). The first-order valence-corrected chi connectivity index (χ1v) is 10.9. The molecule has 3 N–H and O–H groups in total. The van der Waals surface area contributed by atoms with Gasteiger partial charge in [-0.05, 0) is 40.3 Å². The first-order valence-electron chi connectivity index (χ1n) is 10.9. The normalized spacial score (nSPS) is 20.7. The van der Waals surface area contributed by atoms with E-state index in [0.29, 0.717) is 32.6 Å². The van der Waals surface area contributed by atoms with Crippen LogP contribution in [0.3, 0.4) is 0 Å². The van der Waals surface area contributed by atoms with Crippen LogP contribution >= 0.6 is 0 Å². The lowest BCUT2D eigenvalue weighted by Gasteiger charge is -2.33. The molecule has 0 saturated carbocycles. The number of aliphatic hydroxyl groups is 1. The third-order valence-electron chi connectivity index (χ3n) is 5.66. The summed E-state index contributed by atoms with van der Waals surface area (Å²) in [6.07, 6.45) is -0.0705. The Morgan fingerprint density at radius 3 is 2.84 bits per heavy atom. The van der Waals surface area contributed by atoms with Crippen LogP contribution in [0.25, 0.3) is 11.0 Å². The van der Waals surface area contributed by atoms with Crippen LogP contribution in [-0.4, -0.2) is 115 Å². The van der Waals surface area contributed by atoms with Gasteiger partial charge in [0.25, 0.3) is 0 Å². The molecule has 172 valence electrons. The molecule has 1 aliphatic heterocycles. The maximum absolute atomic E-state index is 12.7. The van der Waals surface area contributed by atoms with Crippen LogP contribution < -0.4 is 5.32 Å². The number of ether oxygens (including phenoxy) is 1. The number of esters is 1. The molecule has 2 heterocycles. The quantitative estimate of drug-likeness (QED) is 0.340. The number of H-pyrrole nitrogens is 1. The largest absolute Gasteiger partial charge is 0.463 e. The van der Waals surface area contributed by atoms with Gasteiger partial charge in [-0.1, -0.05) is 12.1 Å². The van der Waals surface area contributed by atoms with Gasteiger partial charge in [-0.15, -0.1) is 0 Å². The molecule has 1 fully saturated rings. The van der Waals surface area contributed by atoms with Gasteiger partial charge in [0.05, 0.1) is 23.7 Å². The van der Waals surface area contributed by atoms with Gasteiger partial charge in [0.2, 0.25) is 0 Å². The second-order valence-electron chi connectivity index (χ2n) is 8.78. The van der Waals surface area contributed by atoms with Crippen molar-refractivity contribution in [3.63, 3.8) is 0 Å². The fraction of sp³-hybridized carbons (Fsp3) is 0.636. The van der Waals surface area contributed by atoms with E-state index in [4.69, 9.17) is 4.74 Å². The van der Waals surface area contributed by atoms with Gasteiger partial charge in [0.15, 0.2) is 0 Å². The summed E-state index contributed by atoms with van der Waals surface area (Å²) in [5, 5.41) is 13.4. The zero-order valence-corrected chi connectivity index (χ0v) is 19.0. The van der Waals surface area contributed by atoms with Gasteiger partial charge in [0, 0.05) is 38.6 Å². The van der Waals surface area contributed by atoms with Crippen molar-refractivity contribution >= 4 is 17.0 Å². The number of carbonyl (C=O) groups is 1. The van der Waals surface area contributed by atoms with E-state index >= 15 is 0 Å². The van der Waals surface area contributed by atoms with Gasteiger partial charge in [-0.3, -0.25) is 9.69 Å². The summed E-state index contributed by atoms with van der Waals surface area (Å²) < 4.78 is 5.52. The summed E-state index contributed by atoms with van der Waals surface area (Å²) in [5.41, 5.74) is 1.95.